The molecule has 0 fully saturated rings. The van der Waals surface area contributed by atoms with Gasteiger partial charge in [-0.2, -0.15) is 5.26 Å². The third-order valence-corrected chi connectivity index (χ3v) is 3.98. The minimum absolute atomic E-state index is 0.129. The molecule has 0 aliphatic rings. The fourth-order valence-corrected chi connectivity index (χ4v) is 2.58. The van der Waals surface area contributed by atoms with Gasteiger partial charge in [0.2, 0.25) is 5.91 Å². The van der Waals surface area contributed by atoms with Crippen LogP contribution in [0.25, 0.3) is 17.2 Å². The van der Waals surface area contributed by atoms with Gasteiger partial charge in [0.25, 0.3) is 0 Å². The van der Waals surface area contributed by atoms with E-state index in [0.29, 0.717) is 23.2 Å². The number of nitrogens with one attached hydrogen (secondary N) is 1. The number of amides is 1. The zero-order chi connectivity index (χ0) is 18.4. The standard InChI is InChI=1S/C21H21FN2O/c1-4-8-24-21(25)14(2)9-18-10-16(13-23)11-20(15(18)3)17-6-5-7-19(22)12-17/h5-7,9-12H,4,8H2,1-3H3,(H,24,25)/b14-9+. The second-order valence-corrected chi connectivity index (χ2v) is 5.94. The molecule has 2 rings (SSSR count). The molecule has 2 aromatic carbocycles. The second-order valence-electron chi connectivity index (χ2n) is 5.94. The lowest BCUT2D eigenvalue weighted by Crippen LogP contribution is -2.24. The highest BCUT2D eigenvalue weighted by atomic mass is 19.1. The van der Waals surface area contributed by atoms with Crippen LogP contribution in [0, 0.1) is 24.1 Å². The van der Waals surface area contributed by atoms with E-state index < -0.39 is 0 Å². The molecule has 0 saturated heterocycles. The van der Waals surface area contributed by atoms with Crippen LogP contribution in [0.3, 0.4) is 0 Å². The summed E-state index contributed by atoms with van der Waals surface area (Å²) in [6, 6.07) is 11.9. The minimum Gasteiger partial charge on any atom is -0.352 e. The number of hydrogen-bond donors (Lipinski definition) is 1. The van der Waals surface area contributed by atoms with E-state index in [1.165, 1.54) is 12.1 Å². The molecule has 0 aliphatic carbocycles. The molecular weight excluding hydrogens is 315 g/mol. The van der Waals surface area contributed by atoms with Gasteiger partial charge in [0, 0.05) is 12.1 Å². The molecule has 3 nitrogen and oxygen atoms in total. The van der Waals surface area contributed by atoms with Gasteiger partial charge in [-0.05, 0) is 72.9 Å². The molecule has 1 amide bonds. The lowest BCUT2D eigenvalue weighted by molar-refractivity contribution is -0.117. The first-order valence-electron chi connectivity index (χ1n) is 8.23. The monoisotopic (exact) mass is 336 g/mol. The molecule has 0 heterocycles. The molecule has 0 aromatic heterocycles. The Morgan fingerprint density at radius 2 is 2.08 bits per heavy atom. The van der Waals surface area contributed by atoms with Crippen molar-refractivity contribution < 1.29 is 9.18 Å². The predicted octanol–water partition coefficient (Wildman–Crippen LogP) is 4.60. The summed E-state index contributed by atoms with van der Waals surface area (Å²) < 4.78 is 13.6. The summed E-state index contributed by atoms with van der Waals surface area (Å²) in [5.41, 5.74) is 4.20. The first kappa shape index (κ1) is 18.4. The van der Waals surface area contributed by atoms with Gasteiger partial charge in [0.1, 0.15) is 5.82 Å². The number of hydrogen-bond acceptors (Lipinski definition) is 2. The Labute approximate surface area is 147 Å². The smallest absolute Gasteiger partial charge is 0.246 e. The van der Waals surface area contributed by atoms with E-state index >= 15 is 0 Å². The third-order valence-electron chi connectivity index (χ3n) is 3.98. The fraction of sp³-hybridized carbons (Fsp3) is 0.238. The Balaban J connectivity index is 2.51. The maximum absolute atomic E-state index is 13.6. The zero-order valence-electron chi connectivity index (χ0n) is 14.7. The number of benzene rings is 2. The molecule has 0 spiro atoms. The van der Waals surface area contributed by atoms with Crippen LogP contribution in [0.2, 0.25) is 0 Å². The molecule has 0 unspecified atom stereocenters. The number of nitriles is 1. The molecule has 0 atom stereocenters. The Bertz CT molecular complexity index is 863. The fourth-order valence-electron chi connectivity index (χ4n) is 2.58. The topological polar surface area (TPSA) is 52.9 Å². The largest absolute Gasteiger partial charge is 0.352 e. The van der Waals surface area contributed by atoms with E-state index in [2.05, 4.69) is 11.4 Å². The average molecular weight is 336 g/mol. The normalized spacial score (nSPS) is 11.1. The average Bonchev–Trinajstić information content (AvgIpc) is 2.61. The molecule has 2 aromatic rings. The molecule has 0 saturated carbocycles. The number of halogens is 1. The van der Waals surface area contributed by atoms with Crippen LogP contribution in [0.4, 0.5) is 4.39 Å². The van der Waals surface area contributed by atoms with E-state index in [0.717, 1.165) is 23.1 Å². The molecule has 128 valence electrons. The summed E-state index contributed by atoms with van der Waals surface area (Å²) in [6.07, 6.45) is 2.63. The van der Waals surface area contributed by atoms with Gasteiger partial charge in [-0.1, -0.05) is 19.1 Å². The van der Waals surface area contributed by atoms with Crippen LogP contribution in [0.5, 0.6) is 0 Å². The van der Waals surface area contributed by atoms with E-state index in [1.807, 2.05) is 13.8 Å². The highest BCUT2D eigenvalue weighted by Crippen LogP contribution is 2.29. The van der Waals surface area contributed by atoms with Gasteiger partial charge in [-0.15, -0.1) is 0 Å². The zero-order valence-corrected chi connectivity index (χ0v) is 14.7. The summed E-state index contributed by atoms with van der Waals surface area (Å²) in [4.78, 5) is 12.1. The Kier molecular flexibility index (Phi) is 6.08. The van der Waals surface area contributed by atoms with Crippen LogP contribution in [-0.4, -0.2) is 12.5 Å². The van der Waals surface area contributed by atoms with Crippen molar-refractivity contribution in [1.29, 1.82) is 5.26 Å². The van der Waals surface area contributed by atoms with Crippen molar-refractivity contribution in [1.82, 2.24) is 5.32 Å². The Morgan fingerprint density at radius 3 is 2.72 bits per heavy atom. The van der Waals surface area contributed by atoms with Crippen molar-refractivity contribution in [3.8, 4) is 17.2 Å². The van der Waals surface area contributed by atoms with Crippen molar-refractivity contribution in [2.75, 3.05) is 6.54 Å². The van der Waals surface area contributed by atoms with E-state index in [-0.39, 0.29) is 11.7 Å². The van der Waals surface area contributed by atoms with Crippen molar-refractivity contribution in [3.63, 3.8) is 0 Å². The maximum Gasteiger partial charge on any atom is 0.246 e. The van der Waals surface area contributed by atoms with Crippen LogP contribution in [-0.2, 0) is 4.79 Å². The number of carbonyl (C=O) groups excluding carboxylic acids is 1. The Morgan fingerprint density at radius 1 is 1.32 bits per heavy atom. The third kappa shape index (κ3) is 4.54. The molecule has 0 aliphatic heterocycles. The van der Waals surface area contributed by atoms with Gasteiger partial charge in [0.05, 0.1) is 11.6 Å². The minimum atomic E-state index is -0.327. The summed E-state index contributed by atoms with van der Waals surface area (Å²) in [5, 5.41) is 12.1. The molecule has 0 radical (unpaired) electrons. The van der Waals surface area contributed by atoms with Gasteiger partial charge < -0.3 is 5.32 Å². The molecule has 1 N–H and O–H groups in total. The summed E-state index contributed by atoms with van der Waals surface area (Å²) in [5.74, 6) is -0.456. The lowest BCUT2D eigenvalue weighted by Gasteiger charge is -2.12. The first-order chi connectivity index (χ1) is 12.0. The Hall–Kier alpha value is -2.93. The highest BCUT2D eigenvalue weighted by Gasteiger charge is 2.11. The van der Waals surface area contributed by atoms with Crippen molar-refractivity contribution in [3.05, 3.63) is 64.5 Å². The summed E-state index contributed by atoms with van der Waals surface area (Å²) in [6.45, 7) is 6.26. The predicted molar refractivity (Wildman–Crippen MR) is 98.2 cm³/mol. The number of rotatable bonds is 5. The van der Waals surface area contributed by atoms with Crippen LogP contribution >= 0.6 is 0 Å². The van der Waals surface area contributed by atoms with Crippen LogP contribution < -0.4 is 5.32 Å². The van der Waals surface area contributed by atoms with Crippen LogP contribution in [0.15, 0.2) is 42.0 Å². The molecule has 4 heteroatoms. The van der Waals surface area contributed by atoms with E-state index in [9.17, 15) is 14.4 Å². The van der Waals surface area contributed by atoms with E-state index in [4.69, 9.17) is 0 Å². The van der Waals surface area contributed by atoms with Gasteiger partial charge in [-0.25, -0.2) is 4.39 Å². The number of carbonyl (C=O) groups is 1. The first-order valence-corrected chi connectivity index (χ1v) is 8.23. The van der Waals surface area contributed by atoms with Gasteiger partial charge in [-0.3, -0.25) is 4.79 Å². The van der Waals surface area contributed by atoms with Crippen molar-refractivity contribution in [2.45, 2.75) is 27.2 Å². The number of nitrogens with zero attached hydrogens (tertiary/aromatic N) is 1. The SMILES string of the molecule is CCCNC(=O)/C(C)=C/c1cc(C#N)cc(-c2cccc(F)c2)c1C. The molecular formula is C21H21FN2O. The summed E-state index contributed by atoms with van der Waals surface area (Å²) in [7, 11) is 0. The second kappa shape index (κ2) is 8.25. The lowest BCUT2D eigenvalue weighted by atomic mass is 9.93. The van der Waals surface area contributed by atoms with E-state index in [1.54, 1.807) is 37.3 Å². The summed E-state index contributed by atoms with van der Waals surface area (Å²) >= 11 is 0. The molecule has 25 heavy (non-hydrogen) atoms. The highest BCUT2D eigenvalue weighted by molar-refractivity contribution is 5.97. The van der Waals surface area contributed by atoms with Crippen LogP contribution in [0.1, 0.15) is 37.0 Å². The van der Waals surface area contributed by atoms with Gasteiger partial charge >= 0.3 is 0 Å². The molecule has 0 bridgehead atoms. The van der Waals surface area contributed by atoms with Crippen molar-refractivity contribution >= 4 is 12.0 Å². The maximum atomic E-state index is 13.6. The van der Waals surface area contributed by atoms with Gasteiger partial charge in [0.15, 0.2) is 0 Å². The van der Waals surface area contributed by atoms with Crippen molar-refractivity contribution in [2.24, 2.45) is 0 Å². The quantitative estimate of drug-likeness (QED) is 0.811.